The Morgan fingerprint density at radius 3 is 2.77 bits per heavy atom. The van der Waals surface area contributed by atoms with E-state index in [-0.39, 0.29) is 18.3 Å². The molecule has 1 N–H and O–H groups in total. The number of nitrogens with zero attached hydrogens (tertiary/aromatic N) is 2. The van der Waals surface area contributed by atoms with Gasteiger partial charge in [-0.1, -0.05) is 6.07 Å². The number of rotatable bonds is 6. The Balaban J connectivity index is 0.00000231. The maximum absolute atomic E-state index is 11.5. The number of nitrogens with one attached hydrogen (secondary N) is 1. The fourth-order valence-corrected chi connectivity index (χ4v) is 5.20. The summed E-state index contributed by atoms with van der Waals surface area (Å²) in [6.07, 6.45) is 2.37. The fourth-order valence-electron chi connectivity index (χ4n) is 4.39. The summed E-state index contributed by atoms with van der Waals surface area (Å²) in [5.41, 5.74) is 3.47. The van der Waals surface area contributed by atoms with Crippen molar-refractivity contribution in [2.75, 3.05) is 49.5 Å². The van der Waals surface area contributed by atoms with E-state index in [9.17, 15) is 4.79 Å². The van der Waals surface area contributed by atoms with Gasteiger partial charge in [0.2, 0.25) is 5.91 Å². The number of fused-ring (bicyclic) bond motifs is 2. The SMILES string of the molecule is Cl.O=C1CCc2cc(OCCCN3CCN(c4cccc5sccc45)CC3)ccc2N1. The van der Waals surface area contributed by atoms with Crippen LogP contribution in [0.2, 0.25) is 0 Å². The second-order valence-corrected chi connectivity index (χ2v) is 8.96. The van der Waals surface area contributed by atoms with Crippen molar-refractivity contribution in [1.29, 1.82) is 0 Å². The molecule has 0 saturated carbocycles. The van der Waals surface area contributed by atoms with Gasteiger partial charge < -0.3 is 15.0 Å². The standard InChI is InChI=1S/C24H27N3O2S.ClH/c28-24-8-5-18-17-19(6-7-21(18)25-24)29-15-2-10-26-11-13-27(14-12-26)22-3-1-4-23-20(22)9-16-30-23;/h1,3-4,6-7,9,16-17H,2,5,8,10-15H2,(H,25,28);1H. The number of amides is 1. The fraction of sp³-hybridized carbons (Fsp3) is 0.375. The van der Waals surface area contributed by atoms with Gasteiger partial charge in [0.1, 0.15) is 5.75 Å². The minimum absolute atomic E-state index is 0. The number of hydrogen-bond acceptors (Lipinski definition) is 5. The minimum atomic E-state index is 0. The molecule has 0 unspecified atom stereocenters. The third-order valence-corrected chi connectivity index (χ3v) is 6.93. The molecule has 0 aliphatic carbocycles. The normalized spacial score (nSPS) is 16.5. The van der Waals surface area contributed by atoms with Gasteiger partial charge in [-0.2, -0.15) is 0 Å². The van der Waals surface area contributed by atoms with E-state index in [2.05, 4.69) is 50.8 Å². The van der Waals surface area contributed by atoms with Gasteiger partial charge in [0, 0.05) is 60.6 Å². The van der Waals surface area contributed by atoms with Crippen molar-refractivity contribution in [1.82, 2.24) is 4.90 Å². The van der Waals surface area contributed by atoms with Crippen molar-refractivity contribution in [2.45, 2.75) is 19.3 Å². The molecule has 5 nitrogen and oxygen atoms in total. The van der Waals surface area contributed by atoms with Gasteiger partial charge in [0.25, 0.3) is 0 Å². The van der Waals surface area contributed by atoms with Crippen LogP contribution in [0.3, 0.4) is 0 Å². The van der Waals surface area contributed by atoms with Crippen molar-refractivity contribution in [3.63, 3.8) is 0 Å². The highest BCUT2D eigenvalue weighted by Crippen LogP contribution is 2.31. The Morgan fingerprint density at radius 2 is 1.90 bits per heavy atom. The van der Waals surface area contributed by atoms with Crippen LogP contribution in [0.1, 0.15) is 18.4 Å². The molecule has 7 heteroatoms. The molecular formula is C24H28ClN3O2S. The van der Waals surface area contributed by atoms with E-state index in [0.29, 0.717) is 6.42 Å². The van der Waals surface area contributed by atoms with Gasteiger partial charge in [0.15, 0.2) is 0 Å². The van der Waals surface area contributed by atoms with Crippen LogP contribution in [-0.4, -0.2) is 50.1 Å². The summed E-state index contributed by atoms with van der Waals surface area (Å²) < 4.78 is 7.34. The molecule has 1 amide bonds. The number of halogens is 1. The molecule has 0 spiro atoms. The van der Waals surface area contributed by atoms with Gasteiger partial charge in [0.05, 0.1) is 6.61 Å². The zero-order valence-electron chi connectivity index (χ0n) is 17.5. The number of anilines is 2. The molecule has 3 heterocycles. The maximum Gasteiger partial charge on any atom is 0.224 e. The smallest absolute Gasteiger partial charge is 0.224 e. The quantitative estimate of drug-likeness (QED) is 0.540. The molecule has 0 atom stereocenters. The number of piperazine rings is 1. The monoisotopic (exact) mass is 457 g/mol. The Hall–Kier alpha value is -2.28. The summed E-state index contributed by atoms with van der Waals surface area (Å²) in [7, 11) is 0. The van der Waals surface area contributed by atoms with Crippen molar-refractivity contribution in [3.8, 4) is 5.75 Å². The average molecular weight is 458 g/mol. The number of thiophene rings is 1. The summed E-state index contributed by atoms with van der Waals surface area (Å²) in [6.45, 7) is 6.13. The average Bonchev–Trinajstić information content (AvgIpc) is 3.26. The van der Waals surface area contributed by atoms with E-state index in [1.54, 1.807) is 0 Å². The van der Waals surface area contributed by atoms with Crippen molar-refractivity contribution >= 4 is 51.1 Å². The number of carbonyl (C=O) groups is 1. The van der Waals surface area contributed by atoms with Crippen molar-refractivity contribution < 1.29 is 9.53 Å². The second kappa shape index (κ2) is 9.90. The van der Waals surface area contributed by atoms with Gasteiger partial charge >= 0.3 is 0 Å². The highest BCUT2D eigenvalue weighted by molar-refractivity contribution is 7.17. The number of carbonyl (C=O) groups excluding carboxylic acids is 1. The third-order valence-electron chi connectivity index (χ3n) is 6.05. The van der Waals surface area contributed by atoms with Crippen LogP contribution in [0.5, 0.6) is 5.75 Å². The summed E-state index contributed by atoms with van der Waals surface area (Å²) in [5.74, 6) is 1.00. The highest BCUT2D eigenvalue weighted by atomic mass is 35.5. The molecule has 31 heavy (non-hydrogen) atoms. The van der Waals surface area contributed by atoms with Crippen LogP contribution in [0.4, 0.5) is 11.4 Å². The molecule has 2 aromatic carbocycles. The van der Waals surface area contributed by atoms with E-state index in [1.807, 2.05) is 23.5 Å². The zero-order valence-corrected chi connectivity index (χ0v) is 19.1. The van der Waals surface area contributed by atoms with Crippen molar-refractivity contribution in [2.24, 2.45) is 0 Å². The van der Waals surface area contributed by atoms with Gasteiger partial charge in [-0.05, 0) is 60.2 Å². The van der Waals surface area contributed by atoms with Crippen LogP contribution in [0, 0.1) is 0 Å². The molecule has 1 fully saturated rings. The lowest BCUT2D eigenvalue weighted by Crippen LogP contribution is -2.46. The summed E-state index contributed by atoms with van der Waals surface area (Å²) >= 11 is 1.82. The van der Waals surface area contributed by atoms with E-state index >= 15 is 0 Å². The molecule has 2 aliphatic heterocycles. The highest BCUT2D eigenvalue weighted by Gasteiger charge is 2.19. The van der Waals surface area contributed by atoms with E-state index in [1.165, 1.54) is 21.3 Å². The lowest BCUT2D eigenvalue weighted by molar-refractivity contribution is -0.116. The molecule has 3 aromatic rings. The zero-order chi connectivity index (χ0) is 20.3. The number of hydrogen-bond donors (Lipinski definition) is 1. The molecule has 2 aliphatic rings. The summed E-state index contributed by atoms with van der Waals surface area (Å²) in [5, 5.41) is 6.48. The maximum atomic E-state index is 11.5. The molecule has 1 aromatic heterocycles. The van der Waals surface area contributed by atoms with Gasteiger partial charge in [-0.3, -0.25) is 9.69 Å². The Morgan fingerprint density at radius 1 is 1.03 bits per heavy atom. The number of benzene rings is 2. The van der Waals surface area contributed by atoms with Crippen LogP contribution in [0.25, 0.3) is 10.1 Å². The molecule has 0 radical (unpaired) electrons. The largest absolute Gasteiger partial charge is 0.494 e. The Kier molecular flexibility index (Phi) is 7.00. The Labute approximate surface area is 193 Å². The summed E-state index contributed by atoms with van der Waals surface area (Å²) in [6, 6.07) is 14.9. The molecule has 164 valence electrons. The lowest BCUT2D eigenvalue weighted by atomic mass is 10.0. The van der Waals surface area contributed by atoms with Crippen LogP contribution < -0.4 is 15.0 Å². The van der Waals surface area contributed by atoms with Crippen LogP contribution in [0.15, 0.2) is 47.8 Å². The molecule has 5 rings (SSSR count). The lowest BCUT2D eigenvalue weighted by Gasteiger charge is -2.36. The van der Waals surface area contributed by atoms with Gasteiger partial charge in [-0.25, -0.2) is 0 Å². The second-order valence-electron chi connectivity index (χ2n) is 8.01. The third kappa shape index (κ3) is 4.97. The van der Waals surface area contributed by atoms with Crippen molar-refractivity contribution in [3.05, 3.63) is 53.4 Å². The number of ether oxygens (including phenoxy) is 1. The predicted molar refractivity (Wildman–Crippen MR) is 131 cm³/mol. The minimum Gasteiger partial charge on any atom is -0.494 e. The molecule has 1 saturated heterocycles. The molecular weight excluding hydrogens is 430 g/mol. The molecule has 0 bridgehead atoms. The van der Waals surface area contributed by atoms with Crippen LogP contribution in [-0.2, 0) is 11.2 Å². The van der Waals surface area contributed by atoms with E-state index in [4.69, 9.17) is 4.74 Å². The van der Waals surface area contributed by atoms with E-state index in [0.717, 1.165) is 63.6 Å². The number of aryl methyl sites for hydroxylation is 1. The predicted octanol–water partition coefficient (Wildman–Crippen LogP) is 4.80. The first kappa shape index (κ1) is 21.9. The first-order valence-electron chi connectivity index (χ1n) is 10.8. The first-order valence-corrected chi connectivity index (χ1v) is 11.6. The Bertz CT molecular complexity index is 1050. The van der Waals surface area contributed by atoms with E-state index < -0.39 is 0 Å². The summed E-state index contributed by atoms with van der Waals surface area (Å²) in [4.78, 5) is 16.5. The van der Waals surface area contributed by atoms with Gasteiger partial charge in [-0.15, -0.1) is 23.7 Å². The van der Waals surface area contributed by atoms with Crippen LogP contribution >= 0.6 is 23.7 Å². The topological polar surface area (TPSA) is 44.8 Å². The first-order chi connectivity index (χ1) is 14.8.